The summed E-state index contributed by atoms with van der Waals surface area (Å²) in [6.45, 7) is -0.178. The lowest BCUT2D eigenvalue weighted by Gasteiger charge is -2.14. The highest BCUT2D eigenvalue weighted by atomic mass is 35.5. The Labute approximate surface area is 183 Å². The normalized spacial score (nSPS) is 11.2. The molecule has 0 atom stereocenters. The molecule has 0 aromatic heterocycles. The van der Waals surface area contributed by atoms with Crippen molar-refractivity contribution >= 4 is 44.8 Å². The van der Waals surface area contributed by atoms with Crippen molar-refractivity contribution in [3.8, 4) is 11.5 Å². The summed E-state index contributed by atoms with van der Waals surface area (Å²) in [6, 6.07) is 14.7. The lowest BCUT2D eigenvalue weighted by molar-refractivity contribution is 0.102. The van der Waals surface area contributed by atoms with E-state index in [0.717, 1.165) is 0 Å². The fourth-order valence-corrected chi connectivity index (χ4v) is 3.52. The van der Waals surface area contributed by atoms with Crippen molar-refractivity contribution in [2.75, 3.05) is 5.32 Å². The summed E-state index contributed by atoms with van der Waals surface area (Å²) < 4.78 is 28.8. The van der Waals surface area contributed by atoms with Crippen LogP contribution in [0.5, 0.6) is 11.5 Å². The van der Waals surface area contributed by atoms with Gasteiger partial charge in [0, 0.05) is 16.8 Å². The maximum absolute atomic E-state index is 12.8. The molecule has 0 unspecified atom stereocenters. The van der Waals surface area contributed by atoms with E-state index in [1.807, 2.05) is 0 Å². The lowest BCUT2D eigenvalue weighted by atomic mass is 10.1. The number of carbonyl (C=O) groups excluding carboxylic acids is 1. The molecule has 0 heterocycles. The molecule has 7 nitrogen and oxygen atoms in total. The molecule has 0 fully saturated rings. The molecule has 0 saturated carbocycles. The molecule has 0 aliphatic heterocycles. The van der Waals surface area contributed by atoms with E-state index in [9.17, 15) is 18.3 Å². The Balaban J connectivity index is 1.91. The second-order valence-electron chi connectivity index (χ2n) is 6.19. The predicted octanol–water partition coefficient (Wildman–Crippen LogP) is 4.18. The minimum Gasteiger partial charge on any atom is -0.455 e. The molecule has 4 N–H and O–H groups in total. The summed E-state index contributed by atoms with van der Waals surface area (Å²) in [7, 11) is -3.92. The van der Waals surface area contributed by atoms with E-state index in [2.05, 4.69) is 5.32 Å². The molecule has 0 aliphatic rings. The number of nitrogens with two attached hydrogens (primary N) is 1. The highest BCUT2D eigenvalue weighted by Crippen LogP contribution is 2.34. The first-order valence-corrected chi connectivity index (χ1v) is 10.8. The highest BCUT2D eigenvalue weighted by molar-refractivity contribution is 7.89. The molecule has 10 heteroatoms. The van der Waals surface area contributed by atoms with Gasteiger partial charge in [-0.2, -0.15) is 0 Å². The van der Waals surface area contributed by atoms with Gasteiger partial charge in [-0.15, -0.1) is 0 Å². The third-order valence-corrected chi connectivity index (χ3v) is 5.45. The molecule has 30 heavy (non-hydrogen) atoms. The Bertz CT molecular complexity index is 1220. The standard InChI is InChI=1S/C20H16Cl2N2O5S/c21-13-5-6-16(19(9-13)29-18-7-4-12(11-25)8-17(18)22)20(26)24-14-2-1-3-15(10-14)30(23,27)28/h1-10,25H,11H2,(H,24,26)(H2,23,27,28). The second-order valence-corrected chi connectivity index (χ2v) is 8.60. The number of aliphatic hydroxyl groups excluding tert-OH is 1. The van der Waals surface area contributed by atoms with Crippen LogP contribution in [0.1, 0.15) is 15.9 Å². The van der Waals surface area contributed by atoms with E-state index in [-0.39, 0.29) is 39.3 Å². The van der Waals surface area contributed by atoms with E-state index in [1.165, 1.54) is 42.5 Å². The SMILES string of the molecule is NS(=O)(=O)c1cccc(NC(=O)c2ccc(Cl)cc2Oc2ccc(CO)cc2Cl)c1. The second kappa shape index (κ2) is 9.03. The number of carbonyl (C=O) groups is 1. The van der Waals surface area contributed by atoms with Crippen LogP contribution in [0.3, 0.4) is 0 Å². The van der Waals surface area contributed by atoms with Crippen molar-refractivity contribution in [3.63, 3.8) is 0 Å². The summed E-state index contributed by atoms with van der Waals surface area (Å²) in [5.41, 5.74) is 0.978. The van der Waals surface area contributed by atoms with Gasteiger partial charge in [0.1, 0.15) is 11.5 Å². The summed E-state index contributed by atoms with van der Waals surface area (Å²) in [4.78, 5) is 12.7. The largest absolute Gasteiger partial charge is 0.455 e. The number of nitrogens with one attached hydrogen (secondary N) is 1. The van der Waals surface area contributed by atoms with E-state index in [4.69, 9.17) is 33.1 Å². The zero-order chi connectivity index (χ0) is 21.9. The minimum atomic E-state index is -3.92. The summed E-state index contributed by atoms with van der Waals surface area (Å²) in [6.07, 6.45) is 0. The average molecular weight is 467 g/mol. The number of primary sulfonamides is 1. The fourth-order valence-electron chi connectivity index (χ4n) is 2.56. The Kier molecular flexibility index (Phi) is 6.64. The Morgan fingerprint density at radius 2 is 1.80 bits per heavy atom. The highest BCUT2D eigenvalue weighted by Gasteiger charge is 2.17. The van der Waals surface area contributed by atoms with Crippen LogP contribution in [0, 0.1) is 0 Å². The number of aliphatic hydroxyl groups is 1. The number of hydrogen-bond acceptors (Lipinski definition) is 5. The maximum Gasteiger partial charge on any atom is 0.259 e. The van der Waals surface area contributed by atoms with Crippen LogP contribution in [0.25, 0.3) is 0 Å². The number of hydrogen-bond donors (Lipinski definition) is 3. The number of rotatable bonds is 6. The van der Waals surface area contributed by atoms with Crippen LogP contribution >= 0.6 is 23.2 Å². The molecule has 0 saturated heterocycles. The fraction of sp³-hybridized carbons (Fsp3) is 0.0500. The zero-order valence-electron chi connectivity index (χ0n) is 15.3. The number of anilines is 1. The van der Waals surface area contributed by atoms with Gasteiger partial charge in [-0.05, 0) is 48.0 Å². The van der Waals surface area contributed by atoms with E-state index in [1.54, 1.807) is 18.2 Å². The van der Waals surface area contributed by atoms with Crippen LogP contribution < -0.4 is 15.2 Å². The van der Waals surface area contributed by atoms with Crippen LogP contribution in [-0.4, -0.2) is 19.4 Å². The Hall–Kier alpha value is -2.62. The van der Waals surface area contributed by atoms with Crippen molar-refractivity contribution in [2.45, 2.75) is 11.5 Å². The van der Waals surface area contributed by atoms with Crippen LogP contribution in [0.4, 0.5) is 5.69 Å². The van der Waals surface area contributed by atoms with E-state index >= 15 is 0 Å². The first-order valence-electron chi connectivity index (χ1n) is 8.48. The van der Waals surface area contributed by atoms with Crippen molar-refractivity contribution in [2.24, 2.45) is 5.14 Å². The monoisotopic (exact) mass is 466 g/mol. The third kappa shape index (κ3) is 5.29. The number of benzene rings is 3. The summed E-state index contributed by atoms with van der Waals surface area (Å²) in [5, 5.41) is 17.5. The summed E-state index contributed by atoms with van der Waals surface area (Å²) in [5.74, 6) is -0.154. The van der Waals surface area contributed by atoms with E-state index in [0.29, 0.717) is 10.6 Å². The van der Waals surface area contributed by atoms with Crippen LogP contribution in [-0.2, 0) is 16.6 Å². The van der Waals surface area contributed by atoms with Gasteiger partial charge in [0.2, 0.25) is 10.0 Å². The van der Waals surface area contributed by atoms with Crippen LogP contribution in [0.2, 0.25) is 10.0 Å². The average Bonchev–Trinajstić information content (AvgIpc) is 2.69. The molecular formula is C20H16Cl2N2O5S. The molecule has 3 rings (SSSR count). The van der Waals surface area contributed by atoms with Gasteiger partial charge >= 0.3 is 0 Å². The first kappa shape index (κ1) is 22.1. The zero-order valence-corrected chi connectivity index (χ0v) is 17.6. The van der Waals surface area contributed by atoms with Crippen molar-refractivity contribution in [1.82, 2.24) is 0 Å². The van der Waals surface area contributed by atoms with Gasteiger partial charge in [0.25, 0.3) is 5.91 Å². The van der Waals surface area contributed by atoms with Crippen molar-refractivity contribution < 1.29 is 23.1 Å². The predicted molar refractivity (Wildman–Crippen MR) is 115 cm³/mol. The minimum absolute atomic E-state index is 0.136. The summed E-state index contributed by atoms with van der Waals surface area (Å²) >= 11 is 12.2. The van der Waals surface area contributed by atoms with Gasteiger partial charge < -0.3 is 15.2 Å². The molecule has 3 aromatic carbocycles. The smallest absolute Gasteiger partial charge is 0.259 e. The molecule has 1 amide bonds. The quantitative estimate of drug-likeness (QED) is 0.503. The molecule has 0 bridgehead atoms. The third-order valence-electron chi connectivity index (χ3n) is 4.01. The van der Waals surface area contributed by atoms with Crippen molar-refractivity contribution in [1.29, 1.82) is 0 Å². The first-order chi connectivity index (χ1) is 14.2. The van der Waals surface area contributed by atoms with Crippen LogP contribution in [0.15, 0.2) is 65.6 Å². The van der Waals surface area contributed by atoms with E-state index < -0.39 is 15.9 Å². The Morgan fingerprint density at radius 3 is 2.47 bits per heavy atom. The number of ether oxygens (including phenoxy) is 1. The van der Waals surface area contributed by atoms with Gasteiger partial charge in [0.05, 0.1) is 22.1 Å². The van der Waals surface area contributed by atoms with Gasteiger partial charge in [-0.25, -0.2) is 13.6 Å². The van der Waals surface area contributed by atoms with Gasteiger partial charge in [0.15, 0.2) is 0 Å². The molecule has 0 aliphatic carbocycles. The topological polar surface area (TPSA) is 119 Å². The number of halogens is 2. The maximum atomic E-state index is 12.8. The molecule has 0 radical (unpaired) electrons. The number of sulfonamides is 1. The number of amides is 1. The molecule has 0 spiro atoms. The molecular weight excluding hydrogens is 451 g/mol. The van der Waals surface area contributed by atoms with Crippen molar-refractivity contribution in [3.05, 3.63) is 81.8 Å². The van der Waals surface area contributed by atoms with Gasteiger partial charge in [-0.1, -0.05) is 35.3 Å². The molecule has 3 aromatic rings. The lowest BCUT2D eigenvalue weighted by Crippen LogP contribution is -2.15. The van der Waals surface area contributed by atoms with Gasteiger partial charge in [-0.3, -0.25) is 4.79 Å². The molecule has 156 valence electrons. The Morgan fingerprint density at radius 1 is 1.03 bits per heavy atom.